The third-order valence-electron chi connectivity index (χ3n) is 1.21. The van der Waals surface area contributed by atoms with Crippen molar-refractivity contribution in [3.8, 4) is 0 Å². The fraction of sp³-hybridized carbons (Fsp3) is 0.750. The van der Waals surface area contributed by atoms with Crippen molar-refractivity contribution in [1.82, 2.24) is 10.2 Å². The number of rotatable bonds is 5. The molecular weight excluding hydrogens is 124 g/mol. The van der Waals surface area contributed by atoms with Gasteiger partial charge in [-0.3, -0.25) is 0 Å². The van der Waals surface area contributed by atoms with Crippen LogP contribution in [0.15, 0.2) is 12.3 Å². The number of hydrogen-bond donors (Lipinski definition) is 1. The van der Waals surface area contributed by atoms with E-state index in [0.29, 0.717) is 0 Å². The van der Waals surface area contributed by atoms with Crippen LogP contribution in [0.1, 0.15) is 13.3 Å². The van der Waals surface area contributed by atoms with Crippen LogP contribution in [-0.2, 0) is 0 Å². The summed E-state index contributed by atoms with van der Waals surface area (Å²) in [7, 11) is 4.17. The zero-order valence-electron chi connectivity index (χ0n) is 7.28. The van der Waals surface area contributed by atoms with E-state index in [-0.39, 0.29) is 0 Å². The van der Waals surface area contributed by atoms with Gasteiger partial charge in [0.1, 0.15) is 0 Å². The highest BCUT2D eigenvalue weighted by Crippen LogP contribution is 1.83. The average Bonchev–Trinajstić information content (AvgIpc) is 1.79. The molecule has 0 rings (SSSR count). The highest BCUT2D eigenvalue weighted by atomic mass is 15.1. The second-order valence-electron chi connectivity index (χ2n) is 2.86. The number of nitrogens with zero attached hydrogens (tertiary/aromatic N) is 1. The smallest absolute Gasteiger partial charge is 0.0155 e. The SMILES string of the molecule is C=C(C)NCCCN(C)C. The van der Waals surface area contributed by atoms with Crippen molar-refractivity contribution >= 4 is 0 Å². The molecule has 0 saturated carbocycles. The zero-order chi connectivity index (χ0) is 7.98. The Labute approximate surface area is 63.9 Å². The topological polar surface area (TPSA) is 15.3 Å². The van der Waals surface area contributed by atoms with Gasteiger partial charge in [-0.1, -0.05) is 6.58 Å². The standard InChI is InChI=1S/C8H18N2/c1-8(2)9-6-5-7-10(3)4/h9H,1,5-7H2,2-4H3. The van der Waals surface area contributed by atoms with Gasteiger partial charge in [-0.05, 0) is 34.0 Å². The van der Waals surface area contributed by atoms with E-state index in [1.165, 1.54) is 6.42 Å². The lowest BCUT2D eigenvalue weighted by Gasteiger charge is -2.09. The van der Waals surface area contributed by atoms with Crippen molar-refractivity contribution in [3.05, 3.63) is 12.3 Å². The molecule has 10 heavy (non-hydrogen) atoms. The summed E-state index contributed by atoms with van der Waals surface area (Å²) in [6.45, 7) is 7.90. The van der Waals surface area contributed by atoms with Crippen LogP contribution in [-0.4, -0.2) is 32.1 Å². The van der Waals surface area contributed by atoms with Gasteiger partial charge in [0, 0.05) is 12.2 Å². The molecular formula is C8H18N2. The lowest BCUT2D eigenvalue weighted by atomic mass is 10.4. The van der Waals surface area contributed by atoms with Crippen LogP contribution in [0.5, 0.6) is 0 Å². The van der Waals surface area contributed by atoms with E-state index >= 15 is 0 Å². The third-order valence-corrected chi connectivity index (χ3v) is 1.21. The quantitative estimate of drug-likeness (QED) is 0.577. The molecule has 0 aromatic heterocycles. The Morgan fingerprint density at radius 1 is 1.50 bits per heavy atom. The van der Waals surface area contributed by atoms with Crippen molar-refractivity contribution in [2.75, 3.05) is 27.2 Å². The summed E-state index contributed by atoms with van der Waals surface area (Å²) in [5, 5.41) is 3.18. The summed E-state index contributed by atoms with van der Waals surface area (Å²) in [5.41, 5.74) is 1.05. The molecule has 0 aliphatic heterocycles. The van der Waals surface area contributed by atoms with Crippen LogP contribution in [0, 0.1) is 0 Å². The largest absolute Gasteiger partial charge is 0.389 e. The maximum absolute atomic E-state index is 3.75. The highest BCUT2D eigenvalue weighted by molar-refractivity contribution is 4.83. The molecule has 0 fully saturated rings. The molecule has 0 aliphatic rings. The second kappa shape index (κ2) is 5.30. The average molecular weight is 142 g/mol. The van der Waals surface area contributed by atoms with Gasteiger partial charge in [0.2, 0.25) is 0 Å². The minimum Gasteiger partial charge on any atom is -0.389 e. The Bertz CT molecular complexity index is 97.4. The van der Waals surface area contributed by atoms with Gasteiger partial charge >= 0.3 is 0 Å². The molecule has 1 N–H and O–H groups in total. The summed E-state index contributed by atoms with van der Waals surface area (Å²) in [4.78, 5) is 2.18. The van der Waals surface area contributed by atoms with Crippen LogP contribution in [0.4, 0.5) is 0 Å². The zero-order valence-corrected chi connectivity index (χ0v) is 7.28. The molecule has 2 nitrogen and oxygen atoms in total. The second-order valence-corrected chi connectivity index (χ2v) is 2.86. The van der Waals surface area contributed by atoms with Crippen molar-refractivity contribution < 1.29 is 0 Å². The van der Waals surface area contributed by atoms with E-state index in [4.69, 9.17) is 0 Å². The molecule has 0 radical (unpaired) electrons. The Hall–Kier alpha value is -0.500. The van der Waals surface area contributed by atoms with Gasteiger partial charge in [0.25, 0.3) is 0 Å². The maximum Gasteiger partial charge on any atom is 0.0155 e. The van der Waals surface area contributed by atoms with Gasteiger partial charge in [-0.25, -0.2) is 0 Å². The Morgan fingerprint density at radius 3 is 2.50 bits per heavy atom. The maximum atomic E-state index is 3.75. The van der Waals surface area contributed by atoms with Crippen molar-refractivity contribution in [2.24, 2.45) is 0 Å². The summed E-state index contributed by atoms with van der Waals surface area (Å²) >= 11 is 0. The number of allylic oxidation sites excluding steroid dienone is 1. The van der Waals surface area contributed by atoms with Crippen molar-refractivity contribution in [2.45, 2.75) is 13.3 Å². The summed E-state index contributed by atoms with van der Waals surface area (Å²) in [6, 6.07) is 0. The number of hydrogen-bond acceptors (Lipinski definition) is 2. The van der Waals surface area contributed by atoms with E-state index in [9.17, 15) is 0 Å². The minimum absolute atomic E-state index is 1.04. The van der Waals surface area contributed by atoms with Gasteiger partial charge < -0.3 is 10.2 Å². The van der Waals surface area contributed by atoms with E-state index in [2.05, 4.69) is 30.9 Å². The molecule has 60 valence electrons. The number of nitrogens with one attached hydrogen (secondary N) is 1. The molecule has 0 aromatic rings. The first kappa shape index (κ1) is 9.50. The first-order valence-corrected chi connectivity index (χ1v) is 3.67. The molecule has 0 aliphatic carbocycles. The molecule has 0 atom stereocenters. The predicted molar refractivity (Wildman–Crippen MR) is 46.0 cm³/mol. The lowest BCUT2D eigenvalue weighted by Crippen LogP contribution is -2.19. The van der Waals surface area contributed by atoms with Crippen molar-refractivity contribution in [1.29, 1.82) is 0 Å². The Morgan fingerprint density at radius 2 is 2.10 bits per heavy atom. The summed E-state index contributed by atoms with van der Waals surface area (Å²) < 4.78 is 0. The molecule has 0 aromatic carbocycles. The molecule has 0 unspecified atom stereocenters. The van der Waals surface area contributed by atoms with Crippen molar-refractivity contribution in [3.63, 3.8) is 0 Å². The Balaban J connectivity index is 2.98. The Kier molecular flexibility index (Phi) is 5.03. The molecule has 0 heterocycles. The summed E-state index contributed by atoms with van der Waals surface area (Å²) in [6.07, 6.45) is 1.18. The van der Waals surface area contributed by atoms with Gasteiger partial charge in [0.15, 0.2) is 0 Å². The van der Waals surface area contributed by atoms with E-state index in [1.54, 1.807) is 0 Å². The molecule has 2 heteroatoms. The van der Waals surface area contributed by atoms with Crippen LogP contribution in [0.3, 0.4) is 0 Å². The van der Waals surface area contributed by atoms with Gasteiger partial charge in [-0.2, -0.15) is 0 Å². The van der Waals surface area contributed by atoms with Crippen LogP contribution in [0.25, 0.3) is 0 Å². The minimum atomic E-state index is 1.04. The first-order valence-electron chi connectivity index (χ1n) is 3.67. The molecule has 0 bridgehead atoms. The van der Waals surface area contributed by atoms with E-state index < -0.39 is 0 Å². The molecule has 0 saturated heterocycles. The molecule has 0 spiro atoms. The van der Waals surface area contributed by atoms with Crippen LogP contribution in [0.2, 0.25) is 0 Å². The predicted octanol–water partition coefficient (Wildman–Crippen LogP) is 1.06. The van der Waals surface area contributed by atoms with Gasteiger partial charge in [-0.15, -0.1) is 0 Å². The normalized spacial score (nSPS) is 10.0. The van der Waals surface area contributed by atoms with E-state index in [0.717, 1.165) is 18.8 Å². The third kappa shape index (κ3) is 7.50. The van der Waals surface area contributed by atoms with Crippen LogP contribution < -0.4 is 5.32 Å². The van der Waals surface area contributed by atoms with Gasteiger partial charge in [0.05, 0.1) is 0 Å². The molecule has 0 amide bonds. The van der Waals surface area contributed by atoms with Crippen LogP contribution >= 0.6 is 0 Å². The monoisotopic (exact) mass is 142 g/mol. The lowest BCUT2D eigenvalue weighted by molar-refractivity contribution is 0.398. The first-order chi connectivity index (χ1) is 4.63. The fourth-order valence-electron chi connectivity index (χ4n) is 0.697. The van der Waals surface area contributed by atoms with E-state index in [1.807, 2.05) is 6.92 Å². The fourth-order valence-corrected chi connectivity index (χ4v) is 0.697. The highest BCUT2D eigenvalue weighted by Gasteiger charge is 1.88. The summed E-state index contributed by atoms with van der Waals surface area (Å²) in [5.74, 6) is 0.